The summed E-state index contributed by atoms with van der Waals surface area (Å²) in [5.41, 5.74) is 3.68. The first-order chi connectivity index (χ1) is 8.63. The predicted octanol–water partition coefficient (Wildman–Crippen LogP) is 3.87. The van der Waals surface area contributed by atoms with Gasteiger partial charge < -0.3 is 5.32 Å². The summed E-state index contributed by atoms with van der Waals surface area (Å²) in [5.74, 6) is -0.172. The highest BCUT2D eigenvalue weighted by molar-refractivity contribution is 5.79. The molecule has 18 heavy (non-hydrogen) atoms. The van der Waals surface area contributed by atoms with Crippen molar-refractivity contribution in [2.75, 3.05) is 13.6 Å². The molecule has 0 aliphatic rings. The fraction of sp³-hybridized carbons (Fsp3) is 0.250. The summed E-state index contributed by atoms with van der Waals surface area (Å²) in [6, 6.07) is 5.33. The lowest BCUT2D eigenvalue weighted by Gasteiger charge is -2.12. The molecule has 2 heteroatoms. The van der Waals surface area contributed by atoms with Crippen LogP contribution in [0.2, 0.25) is 0 Å². The largest absolute Gasteiger partial charge is 0.316 e. The molecular weight excluding hydrogens is 225 g/mol. The summed E-state index contributed by atoms with van der Waals surface area (Å²) in [4.78, 5) is 0. The minimum atomic E-state index is -0.172. The van der Waals surface area contributed by atoms with Gasteiger partial charge >= 0.3 is 0 Å². The van der Waals surface area contributed by atoms with Crippen molar-refractivity contribution >= 4 is 5.57 Å². The summed E-state index contributed by atoms with van der Waals surface area (Å²) in [6.07, 6.45) is 5.70. The van der Waals surface area contributed by atoms with E-state index >= 15 is 0 Å². The first kappa shape index (κ1) is 14.4. The zero-order valence-electron chi connectivity index (χ0n) is 11.3. The van der Waals surface area contributed by atoms with Crippen molar-refractivity contribution in [3.63, 3.8) is 0 Å². The molecule has 0 aliphatic carbocycles. The Morgan fingerprint density at radius 3 is 2.67 bits per heavy atom. The van der Waals surface area contributed by atoms with E-state index in [0.717, 1.165) is 23.3 Å². The molecule has 0 bridgehead atoms. The highest BCUT2D eigenvalue weighted by atomic mass is 19.1. The number of halogens is 1. The molecule has 0 radical (unpaired) electrons. The van der Waals surface area contributed by atoms with E-state index in [1.807, 2.05) is 32.2 Å². The van der Waals surface area contributed by atoms with Gasteiger partial charge in [-0.3, -0.25) is 0 Å². The number of allylic oxidation sites excluding steroid dienone is 3. The van der Waals surface area contributed by atoms with Crippen molar-refractivity contribution in [1.82, 2.24) is 5.32 Å². The van der Waals surface area contributed by atoms with E-state index in [1.165, 1.54) is 0 Å². The molecule has 0 spiro atoms. The number of nitrogens with one attached hydrogen (secondary N) is 1. The average molecular weight is 245 g/mol. The highest BCUT2D eigenvalue weighted by Gasteiger charge is 2.08. The van der Waals surface area contributed by atoms with E-state index in [9.17, 15) is 4.39 Å². The lowest BCUT2D eigenvalue weighted by Crippen LogP contribution is -2.11. The van der Waals surface area contributed by atoms with Crippen LogP contribution in [0.3, 0.4) is 0 Å². The Bertz CT molecular complexity index is 484. The van der Waals surface area contributed by atoms with Crippen LogP contribution in [0.15, 0.2) is 48.6 Å². The monoisotopic (exact) mass is 245 g/mol. The van der Waals surface area contributed by atoms with Crippen LogP contribution >= 0.6 is 0 Å². The van der Waals surface area contributed by atoms with Gasteiger partial charge in [-0.2, -0.15) is 0 Å². The molecule has 0 heterocycles. The molecule has 0 fully saturated rings. The zero-order chi connectivity index (χ0) is 13.5. The van der Waals surface area contributed by atoms with Crippen LogP contribution < -0.4 is 5.32 Å². The van der Waals surface area contributed by atoms with E-state index in [1.54, 1.807) is 25.1 Å². The third kappa shape index (κ3) is 3.41. The van der Waals surface area contributed by atoms with E-state index < -0.39 is 0 Å². The number of benzene rings is 1. The molecule has 0 saturated carbocycles. The third-order valence-electron chi connectivity index (χ3n) is 2.80. The Kier molecular flexibility index (Phi) is 5.53. The van der Waals surface area contributed by atoms with Crippen molar-refractivity contribution in [3.05, 3.63) is 65.5 Å². The summed E-state index contributed by atoms with van der Waals surface area (Å²) in [7, 11) is 1.89. The molecule has 0 aromatic heterocycles. The van der Waals surface area contributed by atoms with Gasteiger partial charge in [-0.05, 0) is 49.2 Å². The van der Waals surface area contributed by atoms with Gasteiger partial charge in [-0.1, -0.05) is 36.9 Å². The number of hydrogen-bond donors (Lipinski definition) is 1. The number of likely N-dealkylation sites (N-methyl/N-ethyl adjacent to an activating group) is 1. The van der Waals surface area contributed by atoms with Gasteiger partial charge in [0.25, 0.3) is 0 Å². The lowest BCUT2D eigenvalue weighted by molar-refractivity contribution is 0.618. The molecular formula is C16H20FN. The summed E-state index contributed by atoms with van der Waals surface area (Å²) < 4.78 is 13.6. The van der Waals surface area contributed by atoms with Crippen LogP contribution in [0.1, 0.15) is 18.1 Å². The highest BCUT2D eigenvalue weighted by Crippen LogP contribution is 2.24. The standard InChI is InChI=1S/C16H20FN/c1-5-7-14(11-18-4)15(6-2)13-9-8-12(3)16(17)10-13/h5-10,18H,1,11H2,2-4H3/b14-7-,15-6-. The van der Waals surface area contributed by atoms with Gasteiger partial charge in [-0.15, -0.1) is 0 Å². The average Bonchev–Trinajstić information content (AvgIpc) is 2.35. The lowest BCUT2D eigenvalue weighted by atomic mass is 9.96. The molecule has 0 amide bonds. The van der Waals surface area contributed by atoms with E-state index in [4.69, 9.17) is 0 Å². The van der Waals surface area contributed by atoms with Crippen LogP contribution in [0.25, 0.3) is 5.57 Å². The second-order valence-electron chi connectivity index (χ2n) is 4.12. The molecule has 1 aromatic carbocycles. The molecule has 0 aliphatic heterocycles. The van der Waals surface area contributed by atoms with Crippen molar-refractivity contribution < 1.29 is 4.39 Å². The maximum atomic E-state index is 13.6. The van der Waals surface area contributed by atoms with Gasteiger partial charge in [0.1, 0.15) is 5.82 Å². The summed E-state index contributed by atoms with van der Waals surface area (Å²) in [6.45, 7) is 8.17. The van der Waals surface area contributed by atoms with Crippen molar-refractivity contribution in [2.24, 2.45) is 0 Å². The Hall–Kier alpha value is -1.67. The molecule has 0 saturated heterocycles. The Labute approximate surface area is 109 Å². The van der Waals surface area contributed by atoms with Gasteiger partial charge in [0.05, 0.1) is 0 Å². The van der Waals surface area contributed by atoms with Crippen LogP contribution in [0, 0.1) is 12.7 Å². The van der Waals surface area contributed by atoms with Crippen LogP contribution in [0.4, 0.5) is 4.39 Å². The van der Waals surface area contributed by atoms with Gasteiger partial charge in [0, 0.05) is 6.54 Å². The van der Waals surface area contributed by atoms with E-state index in [-0.39, 0.29) is 5.82 Å². The van der Waals surface area contributed by atoms with Crippen LogP contribution in [0.5, 0.6) is 0 Å². The van der Waals surface area contributed by atoms with Crippen molar-refractivity contribution in [2.45, 2.75) is 13.8 Å². The molecule has 1 aromatic rings. The smallest absolute Gasteiger partial charge is 0.126 e. The molecule has 0 unspecified atom stereocenters. The maximum absolute atomic E-state index is 13.6. The molecule has 1 rings (SSSR count). The van der Waals surface area contributed by atoms with Gasteiger partial charge in [-0.25, -0.2) is 4.39 Å². The minimum absolute atomic E-state index is 0.172. The molecule has 1 nitrogen and oxygen atoms in total. The van der Waals surface area contributed by atoms with E-state index in [0.29, 0.717) is 5.56 Å². The number of aryl methyl sites for hydroxylation is 1. The first-order valence-corrected chi connectivity index (χ1v) is 6.03. The Balaban J connectivity index is 3.20. The molecule has 0 atom stereocenters. The quantitative estimate of drug-likeness (QED) is 0.776. The number of hydrogen-bond acceptors (Lipinski definition) is 1. The SMILES string of the molecule is C=C/C=C(CNC)\C(=C/C)c1ccc(C)c(F)c1. The van der Waals surface area contributed by atoms with Crippen molar-refractivity contribution in [1.29, 1.82) is 0 Å². The summed E-state index contributed by atoms with van der Waals surface area (Å²) >= 11 is 0. The zero-order valence-corrected chi connectivity index (χ0v) is 11.3. The summed E-state index contributed by atoms with van der Waals surface area (Å²) in [5, 5.41) is 3.11. The Morgan fingerprint density at radius 2 is 2.17 bits per heavy atom. The van der Waals surface area contributed by atoms with Gasteiger partial charge in [0.15, 0.2) is 0 Å². The van der Waals surface area contributed by atoms with Gasteiger partial charge in [0.2, 0.25) is 0 Å². The van der Waals surface area contributed by atoms with E-state index in [2.05, 4.69) is 11.9 Å². The topological polar surface area (TPSA) is 12.0 Å². The second kappa shape index (κ2) is 6.92. The van der Waals surface area contributed by atoms with Crippen LogP contribution in [-0.4, -0.2) is 13.6 Å². The number of rotatable bonds is 5. The van der Waals surface area contributed by atoms with Crippen LogP contribution in [-0.2, 0) is 0 Å². The molecule has 96 valence electrons. The maximum Gasteiger partial charge on any atom is 0.126 e. The third-order valence-corrected chi connectivity index (χ3v) is 2.80. The first-order valence-electron chi connectivity index (χ1n) is 6.03. The normalized spacial score (nSPS) is 12.7. The second-order valence-corrected chi connectivity index (χ2v) is 4.12. The minimum Gasteiger partial charge on any atom is -0.316 e. The fourth-order valence-electron chi connectivity index (χ4n) is 1.87. The molecule has 1 N–H and O–H groups in total. The Morgan fingerprint density at radius 1 is 1.44 bits per heavy atom. The predicted molar refractivity (Wildman–Crippen MR) is 77.0 cm³/mol. The van der Waals surface area contributed by atoms with Crippen molar-refractivity contribution in [3.8, 4) is 0 Å². The fourth-order valence-corrected chi connectivity index (χ4v) is 1.87.